The third-order valence-corrected chi connectivity index (χ3v) is 5.05. The maximum absolute atomic E-state index is 12.5. The van der Waals surface area contributed by atoms with Crippen molar-refractivity contribution in [2.75, 3.05) is 32.8 Å². The van der Waals surface area contributed by atoms with Gasteiger partial charge in [-0.15, -0.1) is 0 Å². The number of carbonyl (C=O) groups is 1. The summed E-state index contributed by atoms with van der Waals surface area (Å²) in [6, 6.07) is 8.48. The Kier molecular flexibility index (Phi) is 7.05. The molecule has 1 amide bonds. The fourth-order valence-corrected chi connectivity index (χ4v) is 3.26. The number of aryl methyl sites for hydroxylation is 1. The highest BCUT2D eigenvalue weighted by molar-refractivity contribution is 5.78. The van der Waals surface area contributed by atoms with Crippen molar-refractivity contribution in [1.82, 2.24) is 9.80 Å². The largest absolute Gasteiger partial charge is 0.483 e. The summed E-state index contributed by atoms with van der Waals surface area (Å²) < 4.78 is 5.82. The van der Waals surface area contributed by atoms with Crippen LogP contribution in [0.3, 0.4) is 0 Å². The number of amides is 1. The van der Waals surface area contributed by atoms with Gasteiger partial charge in [0.05, 0.1) is 6.07 Å². The summed E-state index contributed by atoms with van der Waals surface area (Å²) in [6.07, 6.45) is 0. The van der Waals surface area contributed by atoms with Crippen molar-refractivity contribution in [3.05, 3.63) is 29.3 Å². The van der Waals surface area contributed by atoms with Gasteiger partial charge in [0, 0.05) is 26.2 Å². The molecular weight excluding hydrogens is 326 g/mol. The van der Waals surface area contributed by atoms with E-state index in [1.165, 1.54) is 5.56 Å². The predicted octanol–water partition coefficient (Wildman–Crippen LogP) is 3.19. The highest BCUT2D eigenvalue weighted by atomic mass is 16.5. The van der Waals surface area contributed by atoms with Crippen molar-refractivity contribution in [2.24, 2.45) is 5.92 Å². The molecule has 0 bridgehead atoms. The topological polar surface area (TPSA) is 56.6 Å². The van der Waals surface area contributed by atoms with Gasteiger partial charge in [-0.05, 0) is 36.0 Å². The van der Waals surface area contributed by atoms with E-state index in [9.17, 15) is 10.1 Å². The zero-order valence-corrected chi connectivity index (χ0v) is 16.7. The van der Waals surface area contributed by atoms with Crippen LogP contribution in [0.15, 0.2) is 18.2 Å². The van der Waals surface area contributed by atoms with E-state index in [0.29, 0.717) is 24.9 Å². The van der Waals surface area contributed by atoms with E-state index in [4.69, 9.17) is 4.74 Å². The lowest BCUT2D eigenvalue weighted by Gasteiger charge is -2.38. The lowest BCUT2D eigenvalue weighted by atomic mass is 10.0. The summed E-state index contributed by atoms with van der Waals surface area (Å²) in [5, 5.41) is 9.33. The van der Waals surface area contributed by atoms with Crippen LogP contribution in [-0.2, 0) is 4.79 Å². The summed E-state index contributed by atoms with van der Waals surface area (Å²) in [6.45, 7) is 13.3. The first-order valence-electron chi connectivity index (χ1n) is 9.48. The number of carbonyl (C=O) groups excluding carboxylic acids is 1. The van der Waals surface area contributed by atoms with E-state index in [1.807, 2.05) is 24.0 Å². The van der Waals surface area contributed by atoms with E-state index >= 15 is 0 Å². The molecule has 1 aliphatic rings. The molecule has 1 aliphatic heterocycles. The molecule has 1 aromatic carbocycles. The molecule has 0 aromatic heterocycles. The number of nitrogens with zero attached hydrogens (tertiary/aromatic N) is 3. The van der Waals surface area contributed by atoms with Gasteiger partial charge in [-0.3, -0.25) is 9.69 Å². The Balaban J connectivity index is 1.88. The van der Waals surface area contributed by atoms with Gasteiger partial charge >= 0.3 is 0 Å². The number of benzene rings is 1. The SMILES string of the molecule is Cc1ccc(C(C)C)cc1OCC(=O)N1CCN(C(C#N)C(C)C)CC1. The molecule has 1 unspecified atom stereocenters. The highest BCUT2D eigenvalue weighted by Gasteiger charge is 2.27. The minimum Gasteiger partial charge on any atom is -0.483 e. The molecule has 0 radical (unpaired) electrons. The summed E-state index contributed by atoms with van der Waals surface area (Å²) in [7, 11) is 0. The van der Waals surface area contributed by atoms with Gasteiger partial charge in [0.25, 0.3) is 5.91 Å². The minimum absolute atomic E-state index is 0.0112. The average molecular weight is 357 g/mol. The number of nitriles is 1. The number of rotatable bonds is 6. The fourth-order valence-electron chi connectivity index (χ4n) is 3.26. The van der Waals surface area contributed by atoms with Gasteiger partial charge < -0.3 is 9.64 Å². The standard InChI is InChI=1S/C21H31N3O2/c1-15(2)18-7-6-17(5)20(12-18)26-14-21(25)24-10-8-23(9-11-24)19(13-22)16(3)4/h6-7,12,15-16,19H,8-11,14H2,1-5H3. The fraction of sp³-hybridized carbons (Fsp3) is 0.619. The summed E-state index contributed by atoms with van der Waals surface area (Å²) in [4.78, 5) is 16.5. The second-order valence-corrected chi connectivity index (χ2v) is 7.70. The van der Waals surface area contributed by atoms with E-state index in [0.717, 1.165) is 24.4 Å². The summed E-state index contributed by atoms with van der Waals surface area (Å²) in [5.41, 5.74) is 2.25. The van der Waals surface area contributed by atoms with Crippen molar-refractivity contribution in [3.8, 4) is 11.8 Å². The number of piperazine rings is 1. The zero-order chi connectivity index (χ0) is 19.3. The molecule has 2 rings (SSSR count). The molecule has 142 valence electrons. The maximum Gasteiger partial charge on any atom is 0.260 e. The first kappa shape index (κ1) is 20.3. The smallest absolute Gasteiger partial charge is 0.260 e. The molecule has 0 aliphatic carbocycles. The van der Waals surface area contributed by atoms with Crippen LogP contribution in [-0.4, -0.2) is 54.5 Å². The summed E-state index contributed by atoms with van der Waals surface area (Å²) >= 11 is 0. The summed E-state index contributed by atoms with van der Waals surface area (Å²) in [5.74, 6) is 1.52. The molecule has 1 fully saturated rings. The molecular formula is C21H31N3O2. The first-order valence-corrected chi connectivity index (χ1v) is 9.48. The predicted molar refractivity (Wildman–Crippen MR) is 103 cm³/mol. The molecule has 1 atom stereocenters. The molecule has 0 spiro atoms. The Bertz CT molecular complexity index is 656. The Labute approximate surface area is 157 Å². The van der Waals surface area contributed by atoms with Gasteiger partial charge in [0.2, 0.25) is 0 Å². The van der Waals surface area contributed by atoms with E-state index in [-0.39, 0.29) is 18.6 Å². The molecule has 26 heavy (non-hydrogen) atoms. The molecule has 0 saturated carbocycles. The average Bonchev–Trinajstić information content (AvgIpc) is 2.61. The van der Waals surface area contributed by atoms with Crippen molar-refractivity contribution < 1.29 is 9.53 Å². The Morgan fingerprint density at radius 2 is 1.85 bits per heavy atom. The molecule has 5 heteroatoms. The lowest BCUT2D eigenvalue weighted by Crippen LogP contribution is -2.53. The van der Waals surface area contributed by atoms with Crippen LogP contribution in [0.1, 0.15) is 44.7 Å². The van der Waals surface area contributed by atoms with Gasteiger partial charge in [-0.1, -0.05) is 39.8 Å². The number of hydrogen-bond acceptors (Lipinski definition) is 4. The Hall–Kier alpha value is -2.06. The second kappa shape index (κ2) is 9.05. The van der Waals surface area contributed by atoms with Gasteiger partial charge in [0.1, 0.15) is 11.8 Å². The molecule has 5 nitrogen and oxygen atoms in total. The minimum atomic E-state index is -0.0788. The number of hydrogen-bond donors (Lipinski definition) is 0. The van der Waals surface area contributed by atoms with Crippen LogP contribution in [0.5, 0.6) is 5.75 Å². The number of ether oxygens (including phenoxy) is 1. The van der Waals surface area contributed by atoms with Crippen molar-refractivity contribution >= 4 is 5.91 Å². The molecule has 1 aromatic rings. The molecule has 1 saturated heterocycles. The monoisotopic (exact) mass is 357 g/mol. The Morgan fingerprint density at radius 1 is 1.19 bits per heavy atom. The van der Waals surface area contributed by atoms with Crippen LogP contribution in [0.4, 0.5) is 0 Å². The third-order valence-electron chi connectivity index (χ3n) is 5.05. The lowest BCUT2D eigenvalue weighted by molar-refractivity contribution is -0.135. The van der Waals surface area contributed by atoms with Crippen LogP contribution in [0.2, 0.25) is 0 Å². The van der Waals surface area contributed by atoms with E-state index in [1.54, 1.807) is 0 Å². The van der Waals surface area contributed by atoms with Gasteiger partial charge in [-0.25, -0.2) is 0 Å². The van der Waals surface area contributed by atoms with Crippen molar-refractivity contribution in [3.63, 3.8) is 0 Å². The quantitative estimate of drug-likeness (QED) is 0.784. The molecule has 1 heterocycles. The Morgan fingerprint density at radius 3 is 2.38 bits per heavy atom. The van der Waals surface area contributed by atoms with Crippen LogP contribution >= 0.6 is 0 Å². The molecule has 0 N–H and O–H groups in total. The van der Waals surface area contributed by atoms with E-state index < -0.39 is 0 Å². The van der Waals surface area contributed by atoms with Crippen LogP contribution < -0.4 is 4.74 Å². The third kappa shape index (κ3) is 4.98. The highest BCUT2D eigenvalue weighted by Crippen LogP contribution is 2.24. The second-order valence-electron chi connectivity index (χ2n) is 7.70. The van der Waals surface area contributed by atoms with Gasteiger partial charge in [0.15, 0.2) is 6.61 Å². The first-order chi connectivity index (χ1) is 12.3. The normalized spacial score (nSPS) is 16.6. The zero-order valence-electron chi connectivity index (χ0n) is 16.7. The van der Waals surface area contributed by atoms with Gasteiger partial charge in [-0.2, -0.15) is 5.26 Å². The maximum atomic E-state index is 12.5. The van der Waals surface area contributed by atoms with Crippen LogP contribution in [0, 0.1) is 24.2 Å². The van der Waals surface area contributed by atoms with E-state index in [2.05, 4.69) is 44.7 Å². The van der Waals surface area contributed by atoms with Crippen LogP contribution in [0.25, 0.3) is 0 Å². The van der Waals surface area contributed by atoms with Crippen molar-refractivity contribution in [1.29, 1.82) is 5.26 Å². The van der Waals surface area contributed by atoms with Crippen molar-refractivity contribution in [2.45, 2.75) is 46.6 Å².